The van der Waals surface area contributed by atoms with Crippen molar-refractivity contribution in [3.05, 3.63) is 75.0 Å². The Balaban J connectivity index is 1.50. The number of benzene rings is 1. The molecule has 5 rings (SSSR count). The molecule has 31 heavy (non-hydrogen) atoms. The molecule has 1 N–H and O–H groups in total. The van der Waals surface area contributed by atoms with E-state index >= 15 is 0 Å². The summed E-state index contributed by atoms with van der Waals surface area (Å²) in [5.41, 5.74) is 3.71. The Morgan fingerprint density at radius 2 is 2.10 bits per heavy atom. The Morgan fingerprint density at radius 1 is 1.26 bits per heavy atom. The third-order valence-corrected chi connectivity index (χ3v) is 6.20. The monoisotopic (exact) mass is 458 g/mol. The van der Waals surface area contributed by atoms with Gasteiger partial charge in [0.1, 0.15) is 23.4 Å². The molecule has 0 spiro atoms. The Labute approximate surface area is 188 Å². The van der Waals surface area contributed by atoms with Gasteiger partial charge in [0, 0.05) is 24.0 Å². The second-order valence-electron chi connectivity index (χ2n) is 7.49. The van der Waals surface area contributed by atoms with Crippen LogP contribution in [0.3, 0.4) is 0 Å². The largest absolute Gasteiger partial charge is 0.484 e. The molecule has 0 radical (unpaired) electrons. The summed E-state index contributed by atoms with van der Waals surface area (Å²) in [6, 6.07) is 6.08. The SMILES string of the molecule is Cc1ncc(Cl)c2c1NC(=O)N(c1cc3c(cc1Cl)CC[C@H](c1ncccc1F)O3)C2. The molecule has 6 nitrogen and oxygen atoms in total. The lowest BCUT2D eigenvalue weighted by Gasteiger charge is -2.33. The number of nitrogens with one attached hydrogen (secondary N) is 1. The molecule has 0 saturated carbocycles. The number of aryl methyl sites for hydroxylation is 2. The van der Waals surface area contributed by atoms with Gasteiger partial charge in [-0.3, -0.25) is 14.9 Å². The predicted molar refractivity (Wildman–Crippen MR) is 117 cm³/mol. The second-order valence-corrected chi connectivity index (χ2v) is 8.30. The van der Waals surface area contributed by atoms with Crippen LogP contribution in [0.15, 0.2) is 36.7 Å². The highest BCUT2D eigenvalue weighted by atomic mass is 35.5. The summed E-state index contributed by atoms with van der Waals surface area (Å²) in [7, 11) is 0. The minimum absolute atomic E-state index is 0.236. The number of pyridine rings is 2. The number of fused-ring (bicyclic) bond motifs is 2. The number of urea groups is 1. The maximum atomic E-state index is 14.2. The maximum Gasteiger partial charge on any atom is 0.326 e. The number of nitrogens with zero attached hydrogens (tertiary/aromatic N) is 3. The number of amides is 2. The van der Waals surface area contributed by atoms with Crippen LogP contribution in [0.2, 0.25) is 10.0 Å². The molecule has 0 fully saturated rings. The molecule has 0 bridgehead atoms. The number of anilines is 2. The van der Waals surface area contributed by atoms with Gasteiger partial charge in [-0.15, -0.1) is 0 Å². The van der Waals surface area contributed by atoms with E-state index in [4.69, 9.17) is 27.9 Å². The van der Waals surface area contributed by atoms with E-state index in [2.05, 4.69) is 15.3 Å². The van der Waals surface area contributed by atoms with Crippen molar-refractivity contribution in [2.24, 2.45) is 0 Å². The predicted octanol–water partition coefficient (Wildman–Crippen LogP) is 5.85. The first-order valence-electron chi connectivity index (χ1n) is 9.74. The normalized spacial score (nSPS) is 17.5. The highest BCUT2D eigenvalue weighted by molar-refractivity contribution is 6.34. The molecule has 3 aromatic rings. The molecule has 4 heterocycles. The fourth-order valence-corrected chi connectivity index (χ4v) is 4.47. The topological polar surface area (TPSA) is 67.4 Å². The third-order valence-electron chi connectivity index (χ3n) is 5.57. The molecule has 1 aromatic carbocycles. The van der Waals surface area contributed by atoms with Crippen molar-refractivity contribution in [2.45, 2.75) is 32.4 Å². The second kappa shape index (κ2) is 7.66. The van der Waals surface area contributed by atoms with E-state index in [1.54, 1.807) is 30.6 Å². The van der Waals surface area contributed by atoms with Crippen molar-refractivity contribution < 1.29 is 13.9 Å². The Kier molecular flexibility index (Phi) is 4.95. The minimum atomic E-state index is -0.512. The Bertz CT molecular complexity index is 1220. The average Bonchev–Trinajstić information content (AvgIpc) is 2.76. The van der Waals surface area contributed by atoms with Crippen LogP contribution in [0.5, 0.6) is 5.75 Å². The first kappa shape index (κ1) is 20.0. The molecule has 2 aliphatic heterocycles. The number of carbonyl (C=O) groups excluding carboxylic acids is 1. The van der Waals surface area contributed by atoms with E-state index < -0.39 is 11.9 Å². The maximum absolute atomic E-state index is 14.2. The zero-order valence-corrected chi connectivity index (χ0v) is 18.0. The number of aromatic nitrogens is 2. The van der Waals surface area contributed by atoms with Crippen LogP contribution in [-0.2, 0) is 13.0 Å². The van der Waals surface area contributed by atoms with Gasteiger partial charge in [-0.25, -0.2) is 9.18 Å². The lowest BCUT2D eigenvalue weighted by molar-refractivity contribution is 0.167. The van der Waals surface area contributed by atoms with Gasteiger partial charge in [0.25, 0.3) is 0 Å². The molecular weight excluding hydrogens is 442 g/mol. The van der Waals surface area contributed by atoms with Crippen LogP contribution in [-0.4, -0.2) is 16.0 Å². The van der Waals surface area contributed by atoms with Crippen molar-refractivity contribution in [3.63, 3.8) is 0 Å². The summed E-state index contributed by atoms with van der Waals surface area (Å²) in [5, 5.41) is 3.73. The van der Waals surface area contributed by atoms with Gasteiger partial charge in [0.2, 0.25) is 0 Å². The molecule has 158 valence electrons. The minimum Gasteiger partial charge on any atom is -0.484 e. The van der Waals surface area contributed by atoms with Crippen LogP contribution in [0.4, 0.5) is 20.6 Å². The third kappa shape index (κ3) is 3.47. The summed E-state index contributed by atoms with van der Waals surface area (Å²) in [4.78, 5) is 22.7. The van der Waals surface area contributed by atoms with Crippen LogP contribution < -0.4 is 15.0 Å². The molecular formula is C22H17Cl2FN4O2. The number of hydrogen-bond acceptors (Lipinski definition) is 4. The molecule has 9 heteroatoms. The first-order valence-corrected chi connectivity index (χ1v) is 10.5. The lowest BCUT2D eigenvalue weighted by atomic mass is 9.99. The van der Waals surface area contributed by atoms with Crippen LogP contribution in [0.1, 0.15) is 35.0 Å². The fourth-order valence-electron chi connectivity index (χ4n) is 3.98. The van der Waals surface area contributed by atoms with Crippen LogP contribution in [0.25, 0.3) is 0 Å². The lowest BCUT2D eigenvalue weighted by Crippen LogP contribution is -2.39. The van der Waals surface area contributed by atoms with Gasteiger partial charge < -0.3 is 10.1 Å². The summed E-state index contributed by atoms with van der Waals surface area (Å²) in [5.74, 6) is 0.145. The van der Waals surface area contributed by atoms with Gasteiger partial charge in [0.05, 0.1) is 33.7 Å². The van der Waals surface area contributed by atoms with Crippen LogP contribution in [0, 0.1) is 12.7 Å². The number of ether oxygens (including phenoxy) is 1. The summed E-state index contributed by atoms with van der Waals surface area (Å²) < 4.78 is 20.3. The van der Waals surface area contributed by atoms with E-state index in [-0.39, 0.29) is 18.3 Å². The fraction of sp³-hybridized carbons (Fsp3) is 0.227. The molecule has 0 saturated heterocycles. The summed E-state index contributed by atoms with van der Waals surface area (Å²) in [6.07, 6.45) is 3.83. The van der Waals surface area contributed by atoms with Gasteiger partial charge in [-0.05, 0) is 43.5 Å². The Morgan fingerprint density at radius 3 is 2.90 bits per heavy atom. The van der Waals surface area contributed by atoms with Crippen LogP contribution >= 0.6 is 23.2 Å². The average molecular weight is 459 g/mol. The number of halogens is 3. The molecule has 2 aliphatic rings. The first-order chi connectivity index (χ1) is 14.9. The molecule has 2 amide bonds. The van der Waals surface area contributed by atoms with Gasteiger partial charge in [0.15, 0.2) is 0 Å². The number of rotatable bonds is 2. The van der Waals surface area contributed by atoms with Crippen molar-refractivity contribution in [1.82, 2.24) is 9.97 Å². The standard InChI is InChI=1S/C22H17Cl2FN4O2/c1-11-20-13(15(24)9-27-11)10-29(22(30)28-20)17-8-19-12(7-14(17)23)4-5-18(31-19)21-16(25)3-2-6-26-21/h2-3,6-9,18H,4-5,10H2,1H3,(H,28,30)/t18-/m1/s1. The molecule has 0 aliphatic carbocycles. The van der Waals surface area contributed by atoms with E-state index in [0.717, 1.165) is 11.1 Å². The van der Waals surface area contributed by atoms with Crippen molar-refractivity contribution in [2.75, 3.05) is 10.2 Å². The Hall–Kier alpha value is -2.90. The number of carbonyl (C=O) groups is 1. The molecule has 1 atom stereocenters. The summed E-state index contributed by atoms with van der Waals surface area (Å²) >= 11 is 12.9. The van der Waals surface area contributed by atoms with Gasteiger partial charge >= 0.3 is 6.03 Å². The quantitative estimate of drug-likeness (QED) is 0.522. The molecule has 2 aromatic heterocycles. The zero-order chi connectivity index (χ0) is 21.7. The van der Waals surface area contributed by atoms with Gasteiger partial charge in [-0.2, -0.15) is 0 Å². The zero-order valence-electron chi connectivity index (χ0n) is 16.5. The van der Waals surface area contributed by atoms with Crippen molar-refractivity contribution >= 4 is 40.6 Å². The van der Waals surface area contributed by atoms with Crippen molar-refractivity contribution in [3.8, 4) is 5.75 Å². The smallest absolute Gasteiger partial charge is 0.326 e. The van der Waals surface area contributed by atoms with E-state index in [1.165, 1.54) is 11.0 Å². The van der Waals surface area contributed by atoms with E-state index in [1.807, 2.05) is 6.92 Å². The number of hydrogen-bond donors (Lipinski definition) is 1. The highest BCUT2D eigenvalue weighted by Gasteiger charge is 2.31. The van der Waals surface area contributed by atoms with Gasteiger partial charge in [-0.1, -0.05) is 23.2 Å². The van der Waals surface area contributed by atoms with E-state index in [9.17, 15) is 9.18 Å². The molecule has 0 unspecified atom stereocenters. The van der Waals surface area contributed by atoms with Crippen molar-refractivity contribution in [1.29, 1.82) is 0 Å². The highest BCUT2D eigenvalue weighted by Crippen LogP contribution is 2.42. The summed E-state index contributed by atoms with van der Waals surface area (Å²) in [6.45, 7) is 2.04. The van der Waals surface area contributed by atoms with E-state index in [0.29, 0.717) is 45.7 Å².